The van der Waals surface area contributed by atoms with Crippen LogP contribution < -0.4 is 35.8 Å². The van der Waals surface area contributed by atoms with E-state index >= 15 is 8.78 Å². The fourth-order valence-electron chi connectivity index (χ4n) is 10.9. The SMILES string of the molecule is CCc1ccc2c(P(C)(C)=O)c(Nc3nc(Nc4cc(CC)c(N5CCC(N6CCN(CC[C@H]7CCN(c8cc(F)c(C9CCC(=O)NC9=O)c(F)c8)C7)CC6)CC5)cc4OC)ncc3Br)ccc2n1. The van der Waals surface area contributed by atoms with Gasteiger partial charge in [0.2, 0.25) is 17.8 Å². The van der Waals surface area contributed by atoms with E-state index < -0.39 is 36.5 Å². The summed E-state index contributed by atoms with van der Waals surface area (Å²) in [5.74, 6) is -1.44. The average molecular weight is 1040 g/mol. The van der Waals surface area contributed by atoms with Gasteiger partial charge in [0.25, 0.3) is 0 Å². The fraction of sp³-hybridized carbons (Fsp3) is 0.481. The Morgan fingerprint density at radius 3 is 2.29 bits per heavy atom. The van der Waals surface area contributed by atoms with E-state index in [0.717, 1.165) is 125 Å². The number of ether oxygens (including phenoxy) is 1. The highest BCUT2D eigenvalue weighted by molar-refractivity contribution is 9.10. The van der Waals surface area contributed by atoms with Crippen molar-refractivity contribution in [2.24, 2.45) is 5.92 Å². The Hall–Kier alpha value is -5.22. The third-order valence-electron chi connectivity index (χ3n) is 14.7. The van der Waals surface area contributed by atoms with Crippen molar-refractivity contribution in [2.45, 2.75) is 77.2 Å². The minimum atomic E-state index is -2.74. The van der Waals surface area contributed by atoms with Gasteiger partial charge in [-0.3, -0.25) is 24.8 Å². The van der Waals surface area contributed by atoms with Gasteiger partial charge in [0.05, 0.1) is 34.4 Å². The first-order valence-corrected chi connectivity index (χ1v) is 28.1. The third-order valence-corrected chi connectivity index (χ3v) is 16.9. The molecule has 5 aromatic rings. The van der Waals surface area contributed by atoms with Gasteiger partial charge in [-0.15, -0.1) is 0 Å². The summed E-state index contributed by atoms with van der Waals surface area (Å²) >= 11 is 3.63. The fourth-order valence-corrected chi connectivity index (χ4v) is 12.6. The van der Waals surface area contributed by atoms with Gasteiger partial charge in [-0.1, -0.05) is 19.9 Å². The van der Waals surface area contributed by atoms with Crippen molar-refractivity contribution in [1.82, 2.24) is 30.1 Å². The van der Waals surface area contributed by atoms with E-state index in [9.17, 15) is 14.2 Å². The summed E-state index contributed by atoms with van der Waals surface area (Å²) in [6, 6.07) is 15.4. The second kappa shape index (κ2) is 21.2. The predicted octanol–water partition coefficient (Wildman–Crippen LogP) is 8.96. The first-order valence-electron chi connectivity index (χ1n) is 24.7. The number of hydrogen-bond donors (Lipinski definition) is 3. The Labute approximate surface area is 417 Å². The lowest BCUT2D eigenvalue weighted by Gasteiger charge is -2.43. The zero-order valence-corrected chi connectivity index (χ0v) is 43.3. The van der Waals surface area contributed by atoms with Crippen LogP contribution in [0.4, 0.5) is 43.3 Å². The van der Waals surface area contributed by atoms with Crippen molar-refractivity contribution in [3.8, 4) is 5.75 Å². The van der Waals surface area contributed by atoms with Crippen molar-refractivity contribution in [3.05, 3.63) is 87.7 Å². The number of anilines is 6. The van der Waals surface area contributed by atoms with Crippen LogP contribution in [0, 0.1) is 17.6 Å². The number of methoxy groups -OCH3 is 1. The molecule has 4 aliphatic rings. The van der Waals surface area contributed by atoms with E-state index in [-0.39, 0.29) is 18.4 Å². The number of rotatable bonds is 15. The molecule has 4 fully saturated rings. The largest absolute Gasteiger partial charge is 0.494 e. The number of piperazine rings is 1. The minimum Gasteiger partial charge on any atom is -0.494 e. The molecule has 0 spiro atoms. The van der Waals surface area contributed by atoms with E-state index in [2.05, 4.69) is 82.4 Å². The molecule has 18 heteroatoms. The number of nitrogens with zero attached hydrogens (tertiary/aromatic N) is 7. The molecule has 3 N–H and O–H groups in total. The summed E-state index contributed by atoms with van der Waals surface area (Å²) < 4.78 is 50.9. The molecule has 1 unspecified atom stereocenters. The molecular formula is C52H64BrF2N10O4P. The predicted molar refractivity (Wildman–Crippen MR) is 279 cm³/mol. The molecule has 2 atom stereocenters. The minimum absolute atomic E-state index is 0.0687. The van der Waals surface area contributed by atoms with Gasteiger partial charge in [-0.05, 0) is 129 Å². The normalized spacial score (nSPS) is 19.8. The van der Waals surface area contributed by atoms with Gasteiger partial charge in [0.15, 0.2) is 0 Å². The maximum atomic E-state index is 15.3. The Bertz CT molecular complexity index is 2790. The summed E-state index contributed by atoms with van der Waals surface area (Å²) in [6.45, 7) is 16.4. The van der Waals surface area contributed by atoms with Crippen LogP contribution in [0.25, 0.3) is 10.9 Å². The Kier molecular flexibility index (Phi) is 15.1. The molecule has 70 heavy (non-hydrogen) atoms. The molecule has 3 aromatic carbocycles. The molecule has 0 aliphatic carbocycles. The number of pyridine rings is 1. The monoisotopic (exact) mass is 1040 g/mol. The summed E-state index contributed by atoms with van der Waals surface area (Å²) in [7, 11) is -1.06. The standard InChI is InChI=1S/C52H64BrF2N10O4P/c1-6-33-26-44(59-52-56-30-39(53)50(61-52)58-43-12-11-42-37(49(43)70(4,5)68)9-8-34(7-2)57-42)46(69-3)29-45(33)64-20-16-35(17-21-64)63-24-22-62(23-25-63)18-14-32-15-19-65(31-32)36-27-40(54)48(41(55)28-36)38-10-13-47(66)60-51(38)67/h8-9,11-12,26-30,32,35,38H,6-7,10,13-25,31H2,1-5H3,(H,60,66,67)(H2,56,58,59,61)/t32-,38?/m0/s1. The quantitative estimate of drug-likeness (QED) is 0.0678. The molecule has 0 bridgehead atoms. The van der Waals surface area contributed by atoms with Crippen molar-refractivity contribution < 1.29 is 27.7 Å². The van der Waals surface area contributed by atoms with E-state index in [1.807, 2.05) is 24.3 Å². The molecule has 372 valence electrons. The zero-order valence-electron chi connectivity index (χ0n) is 40.8. The molecule has 0 radical (unpaired) electrons. The lowest BCUT2D eigenvalue weighted by molar-refractivity contribution is -0.134. The van der Waals surface area contributed by atoms with Crippen LogP contribution in [0.2, 0.25) is 0 Å². The van der Waals surface area contributed by atoms with Gasteiger partial charge in [-0.2, -0.15) is 4.98 Å². The van der Waals surface area contributed by atoms with Crippen molar-refractivity contribution >= 4 is 85.6 Å². The number of halogens is 3. The molecule has 14 nitrogen and oxygen atoms in total. The van der Waals surface area contributed by atoms with Crippen LogP contribution in [0.5, 0.6) is 5.75 Å². The number of aromatic nitrogens is 3. The van der Waals surface area contributed by atoms with E-state index in [1.54, 1.807) is 26.6 Å². The number of aryl methyl sites for hydroxylation is 2. The van der Waals surface area contributed by atoms with Crippen LogP contribution in [0.1, 0.15) is 75.1 Å². The summed E-state index contributed by atoms with van der Waals surface area (Å²) in [5, 5.41) is 10.7. The van der Waals surface area contributed by atoms with E-state index in [4.69, 9.17) is 14.7 Å². The maximum Gasteiger partial charge on any atom is 0.234 e. The van der Waals surface area contributed by atoms with E-state index in [1.165, 1.54) is 23.4 Å². The highest BCUT2D eigenvalue weighted by Gasteiger charge is 2.34. The topological polar surface area (TPSA) is 148 Å². The summed E-state index contributed by atoms with van der Waals surface area (Å²) in [5.41, 5.74) is 5.93. The Morgan fingerprint density at radius 1 is 0.857 bits per heavy atom. The zero-order chi connectivity index (χ0) is 49.3. The lowest BCUT2D eigenvalue weighted by atomic mass is 9.89. The lowest BCUT2D eigenvalue weighted by Crippen LogP contribution is -2.53. The highest BCUT2D eigenvalue weighted by Crippen LogP contribution is 2.43. The van der Waals surface area contributed by atoms with Gasteiger partial charge in [0.1, 0.15) is 30.3 Å². The molecule has 9 rings (SSSR count). The Balaban J connectivity index is 0.769. The second-order valence-electron chi connectivity index (χ2n) is 19.5. The molecule has 2 aromatic heterocycles. The number of amides is 2. The molecule has 6 heterocycles. The van der Waals surface area contributed by atoms with Gasteiger partial charge in [0, 0.05) is 110 Å². The van der Waals surface area contributed by atoms with Crippen LogP contribution in [-0.4, -0.2) is 122 Å². The number of hydrogen-bond acceptors (Lipinski definition) is 13. The number of piperidine rings is 2. The van der Waals surface area contributed by atoms with Gasteiger partial charge < -0.3 is 34.6 Å². The van der Waals surface area contributed by atoms with Crippen LogP contribution in [0.15, 0.2) is 59.2 Å². The first-order chi connectivity index (χ1) is 33.7. The van der Waals surface area contributed by atoms with Crippen molar-refractivity contribution in [3.63, 3.8) is 0 Å². The number of fused-ring (bicyclic) bond motifs is 1. The first kappa shape index (κ1) is 49.7. The number of carbonyl (C=O) groups is 2. The van der Waals surface area contributed by atoms with Gasteiger partial charge >= 0.3 is 0 Å². The number of carbonyl (C=O) groups excluding carboxylic acids is 2. The van der Waals surface area contributed by atoms with Crippen LogP contribution in [0.3, 0.4) is 0 Å². The summed E-state index contributed by atoms with van der Waals surface area (Å²) in [4.78, 5) is 47.9. The smallest absolute Gasteiger partial charge is 0.234 e. The number of nitrogens with one attached hydrogen (secondary N) is 3. The maximum absolute atomic E-state index is 15.3. The average Bonchev–Trinajstić information content (AvgIpc) is 3.83. The molecule has 0 saturated carbocycles. The second-order valence-corrected chi connectivity index (χ2v) is 23.5. The van der Waals surface area contributed by atoms with E-state index in [0.29, 0.717) is 45.3 Å². The summed E-state index contributed by atoms with van der Waals surface area (Å²) in [6.07, 6.45) is 7.71. The molecule has 4 saturated heterocycles. The Morgan fingerprint density at radius 2 is 1.60 bits per heavy atom. The van der Waals surface area contributed by atoms with Crippen molar-refractivity contribution in [2.75, 3.05) is 99.8 Å². The van der Waals surface area contributed by atoms with Crippen LogP contribution in [-0.2, 0) is 27.0 Å². The molecule has 2 amide bonds. The van der Waals surface area contributed by atoms with Crippen LogP contribution >= 0.6 is 23.1 Å². The van der Waals surface area contributed by atoms with Gasteiger partial charge in [-0.25, -0.2) is 13.8 Å². The number of benzene rings is 3. The third kappa shape index (κ3) is 10.8. The number of imide groups is 1. The molecule has 4 aliphatic heterocycles. The molecular weight excluding hydrogens is 978 g/mol. The van der Waals surface area contributed by atoms with Crippen molar-refractivity contribution in [1.29, 1.82) is 0 Å². The highest BCUT2D eigenvalue weighted by atomic mass is 79.9.